The summed E-state index contributed by atoms with van der Waals surface area (Å²) in [5.74, 6) is 0.0328. The van der Waals surface area contributed by atoms with Gasteiger partial charge in [0.15, 0.2) is 0 Å². The highest BCUT2D eigenvalue weighted by molar-refractivity contribution is 6.08. The van der Waals surface area contributed by atoms with E-state index in [2.05, 4.69) is 4.98 Å². The van der Waals surface area contributed by atoms with Gasteiger partial charge in [0.2, 0.25) is 0 Å². The van der Waals surface area contributed by atoms with E-state index < -0.39 is 0 Å². The largest absolute Gasteiger partial charge is 0.398 e. The van der Waals surface area contributed by atoms with E-state index in [1.807, 2.05) is 30.3 Å². The maximum atomic E-state index is 7.45. The summed E-state index contributed by atoms with van der Waals surface area (Å²) in [6, 6.07) is 13.2. The number of rotatable bonds is 1. The van der Waals surface area contributed by atoms with Crippen LogP contribution in [0.25, 0.3) is 21.8 Å². The lowest BCUT2D eigenvalue weighted by Crippen LogP contribution is -2.10. The van der Waals surface area contributed by atoms with E-state index in [-0.39, 0.29) is 18.2 Å². The first-order valence-corrected chi connectivity index (χ1v) is 5.59. The number of nitrogens with zero attached hydrogens (tertiary/aromatic N) is 1. The summed E-state index contributed by atoms with van der Waals surface area (Å²) >= 11 is 0. The number of benzene rings is 2. The zero-order valence-corrected chi connectivity index (χ0v) is 10.9. The van der Waals surface area contributed by atoms with Crippen LogP contribution in [0.3, 0.4) is 0 Å². The van der Waals surface area contributed by atoms with Crippen molar-refractivity contribution in [3.8, 4) is 0 Å². The average molecular weight is 273 g/mol. The fourth-order valence-electron chi connectivity index (χ4n) is 2.09. The molecule has 3 rings (SSSR count). The zero-order valence-electron chi connectivity index (χ0n) is 10.1. The molecule has 0 amide bonds. The summed E-state index contributed by atoms with van der Waals surface area (Å²) in [6.07, 6.45) is 0. The van der Waals surface area contributed by atoms with Crippen molar-refractivity contribution in [3.63, 3.8) is 0 Å². The summed E-state index contributed by atoms with van der Waals surface area (Å²) < 4.78 is 0. The number of aromatic nitrogens is 1. The minimum Gasteiger partial charge on any atom is -0.398 e. The van der Waals surface area contributed by atoms with E-state index in [9.17, 15) is 0 Å². The second-order valence-electron chi connectivity index (χ2n) is 4.19. The van der Waals surface area contributed by atoms with Crippen LogP contribution in [0.1, 0.15) is 5.56 Å². The Morgan fingerprint density at radius 1 is 1.00 bits per heavy atom. The van der Waals surface area contributed by atoms with Crippen LogP contribution < -0.4 is 11.5 Å². The number of nitrogens with one attached hydrogen (secondary N) is 1. The summed E-state index contributed by atoms with van der Waals surface area (Å²) in [6.45, 7) is 0. The van der Waals surface area contributed by atoms with Crippen molar-refractivity contribution in [1.82, 2.24) is 4.98 Å². The fraction of sp³-hybridized carbons (Fsp3) is 0. The molecule has 0 aliphatic heterocycles. The van der Waals surface area contributed by atoms with Gasteiger partial charge in [-0.2, -0.15) is 0 Å². The molecule has 96 valence electrons. The maximum Gasteiger partial charge on any atom is 0.122 e. The second-order valence-corrected chi connectivity index (χ2v) is 4.19. The van der Waals surface area contributed by atoms with E-state index in [1.165, 1.54) is 0 Å². The van der Waals surface area contributed by atoms with Gasteiger partial charge in [0.25, 0.3) is 0 Å². The lowest BCUT2D eigenvalue weighted by molar-refractivity contribution is 1.42. The molecule has 0 aliphatic carbocycles. The van der Waals surface area contributed by atoms with Gasteiger partial charge in [0, 0.05) is 16.3 Å². The first-order chi connectivity index (χ1) is 8.66. The normalized spacial score (nSPS) is 10.3. The number of para-hydroxylation sites is 1. The Bertz CT molecular complexity index is 783. The van der Waals surface area contributed by atoms with Gasteiger partial charge in [0.1, 0.15) is 5.84 Å². The van der Waals surface area contributed by atoms with E-state index in [1.54, 1.807) is 12.1 Å². The number of hydrogen-bond acceptors (Lipinski definition) is 3. The third kappa shape index (κ3) is 2.06. The standard InChI is InChI=1S/C14H12N4.ClH/c15-13-9-3-1-2-4-11(9)18-12-7-8(14(16)17)5-6-10(12)13;/h1-7H,(H2,15,18)(H3,16,17);1H. The number of amidine groups is 1. The Morgan fingerprint density at radius 2 is 1.68 bits per heavy atom. The molecule has 5 N–H and O–H groups in total. The van der Waals surface area contributed by atoms with Crippen molar-refractivity contribution in [3.05, 3.63) is 48.0 Å². The van der Waals surface area contributed by atoms with Crippen LogP contribution in [0.15, 0.2) is 42.5 Å². The van der Waals surface area contributed by atoms with E-state index >= 15 is 0 Å². The molecule has 0 spiro atoms. The number of anilines is 1. The molecular weight excluding hydrogens is 260 g/mol. The van der Waals surface area contributed by atoms with E-state index in [4.69, 9.17) is 16.9 Å². The Kier molecular flexibility index (Phi) is 3.27. The number of fused-ring (bicyclic) bond motifs is 2. The number of halogens is 1. The lowest BCUT2D eigenvalue weighted by Gasteiger charge is -2.07. The molecule has 1 aromatic heterocycles. The van der Waals surface area contributed by atoms with Crippen molar-refractivity contribution in [2.24, 2.45) is 5.73 Å². The van der Waals surface area contributed by atoms with E-state index in [0.29, 0.717) is 11.3 Å². The number of nitrogen functional groups attached to an aromatic ring is 2. The van der Waals surface area contributed by atoms with Gasteiger partial charge < -0.3 is 11.5 Å². The average Bonchev–Trinajstić information content (AvgIpc) is 2.38. The number of pyridine rings is 1. The van der Waals surface area contributed by atoms with Gasteiger partial charge in [0.05, 0.1) is 16.7 Å². The molecule has 4 nitrogen and oxygen atoms in total. The Morgan fingerprint density at radius 3 is 2.42 bits per heavy atom. The van der Waals surface area contributed by atoms with Crippen LogP contribution in [0.5, 0.6) is 0 Å². The lowest BCUT2D eigenvalue weighted by atomic mass is 10.1. The summed E-state index contributed by atoms with van der Waals surface area (Å²) in [7, 11) is 0. The van der Waals surface area contributed by atoms with Crippen LogP contribution in [0, 0.1) is 5.41 Å². The third-order valence-electron chi connectivity index (χ3n) is 3.03. The van der Waals surface area contributed by atoms with Crippen LogP contribution in [0.2, 0.25) is 0 Å². The predicted octanol–water partition coefficient (Wildman–Crippen LogP) is 2.68. The van der Waals surface area contributed by atoms with Gasteiger partial charge in [-0.05, 0) is 18.2 Å². The third-order valence-corrected chi connectivity index (χ3v) is 3.03. The van der Waals surface area contributed by atoms with Crippen molar-refractivity contribution in [1.29, 1.82) is 5.41 Å². The molecule has 0 radical (unpaired) electrons. The molecule has 0 saturated heterocycles. The van der Waals surface area contributed by atoms with Gasteiger partial charge in [-0.1, -0.05) is 24.3 Å². The van der Waals surface area contributed by atoms with E-state index in [0.717, 1.165) is 21.8 Å². The molecule has 5 heteroatoms. The summed E-state index contributed by atoms with van der Waals surface area (Å²) in [4.78, 5) is 4.55. The number of hydrogen-bond donors (Lipinski definition) is 3. The topological polar surface area (TPSA) is 88.8 Å². The Balaban J connectivity index is 0.00000133. The first kappa shape index (κ1) is 13.1. The molecule has 0 atom stereocenters. The van der Waals surface area contributed by atoms with Gasteiger partial charge in [-0.25, -0.2) is 4.98 Å². The molecule has 0 bridgehead atoms. The van der Waals surface area contributed by atoms with Crippen LogP contribution in [0.4, 0.5) is 5.69 Å². The Hall–Kier alpha value is -2.33. The Labute approximate surface area is 116 Å². The summed E-state index contributed by atoms with van der Waals surface area (Å²) in [5.41, 5.74) is 14.6. The predicted molar refractivity (Wildman–Crippen MR) is 81.9 cm³/mol. The van der Waals surface area contributed by atoms with Crippen molar-refractivity contribution in [2.45, 2.75) is 0 Å². The maximum absolute atomic E-state index is 7.45. The van der Waals surface area contributed by atoms with Crippen LogP contribution in [-0.2, 0) is 0 Å². The second kappa shape index (κ2) is 4.74. The van der Waals surface area contributed by atoms with Crippen molar-refractivity contribution >= 4 is 45.7 Å². The molecule has 0 unspecified atom stereocenters. The fourth-order valence-corrected chi connectivity index (χ4v) is 2.09. The van der Waals surface area contributed by atoms with Crippen LogP contribution >= 0.6 is 12.4 Å². The quantitative estimate of drug-likeness (QED) is 0.361. The highest BCUT2D eigenvalue weighted by Crippen LogP contribution is 2.28. The molecule has 19 heavy (non-hydrogen) atoms. The first-order valence-electron chi connectivity index (χ1n) is 5.59. The SMILES string of the molecule is Cl.N=C(N)c1ccc2c(N)c3ccccc3nc2c1. The smallest absolute Gasteiger partial charge is 0.122 e. The highest BCUT2D eigenvalue weighted by atomic mass is 35.5. The number of nitrogens with two attached hydrogens (primary N) is 2. The molecule has 1 heterocycles. The molecule has 0 fully saturated rings. The minimum atomic E-state index is 0. The van der Waals surface area contributed by atoms with Crippen molar-refractivity contribution < 1.29 is 0 Å². The molecule has 0 aliphatic rings. The molecule has 2 aromatic carbocycles. The monoisotopic (exact) mass is 272 g/mol. The molecular formula is C14H13ClN4. The van der Waals surface area contributed by atoms with Gasteiger partial charge in [-0.15, -0.1) is 12.4 Å². The highest BCUT2D eigenvalue weighted by Gasteiger charge is 2.07. The van der Waals surface area contributed by atoms with Crippen molar-refractivity contribution in [2.75, 3.05) is 5.73 Å². The van der Waals surface area contributed by atoms with Gasteiger partial charge in [-0.3, -0.25) is 5.41 Å². The molecule has 3 aromatic rings. The summed E-state index contributed by atoms with van der Waals surface area (Å²) in [5, 5.41) is 9.28. The van der Waals surface area contributed by atoms with Gasteiger partial charge >= 0.3 is 0 Å². The van der Waals surface area contributed by atoms with Crippen LogP contribution in [-0.4, -0.2) is 10.8 Å². The molecule has 0 saturated carbocycles. The minimum absolute atomic E-state index is 0. The zero-order chi connectivity index (χ0) is 12.7.